The summed E-state index contributed by atoms with van der Waals surface area (Å²) in [6, 6.07) is 7.33. The van der Waals surface area contributed by atoms with Gasteiger partial charge in [0, 0.05) is 13.1 Å². The molecule has 2 aliphatic rings. The fraction of sp³-hybridized carbons (Fsp3) is 0.533. The van der Waals surface area contributed by atoms with Crippen molar-refractivity contribution in [1.29, 1.82) is 0 Å². The Balaban J connectivity index is 1.62. The number of halogens is 1. The van der Waals surface area contributed by atoms with Gasteiger partial charge in [-0.25, -0.2) is 0 Å². The fourth-order valence-electron chi connectivity index (χ4n) is 2.65. The molecule has 4 nitrogen and oxygen atoms in total. The molecule has 1 atom stereocenters. The van der Waals surface area contributed by atoms with E-state index < -0.39 is 6.10 Å². The van der Waals surface area contributed by atoms with Gasteiger partial charge < -0.3 is 14.4 Å². The minimum Gasteiger partial charge on any atom is -0.485 e. The molecule has 0 saturated carbocycles. The summed E-state index contributed by atoms with van der Waals surface area (Å²) in [5, 5.41) is 0. The average molecular weight is 279 g/mol. The van der Waals surface area contributed by atoms with E-state index in [-0.39, 0.29) is 25.1 Å². The smallest absolute Gasteiger partial charge is 0.267 e. The summed E-state index contributed by atoms with van der Waals surface area (Å²) < 4.78 is 23.8. The first kappa shape index (κ1) is 13.2. The lowest BCUT2D eigenvalue weighted by atomic mass is 9.98. The standard InChI is InChI=1S/C15H18FNO3/c16-9-11-5-7-17(8-6-11)15(18)14-10-19-12-3-1-2-4-13(12)20-14/h1-4,11,14H,5-10H2. The zero-order chi connectivity index (χ0) is 13.9. The molecular weight excluding hydrogens is 261 g/mol. The number of hydrogen-bond donors (Lipinski definition) is 0. The van der Waals surface area contributed by atoms with E-state index in [0.29, 0.717) is 24.6 Å². The number of carbonyl (C=O) groups excluding carboxylic acids is 1. The van der Waals surface area contributed by atoms with E-state index in [9.17, 15) is 9.18 Å². The molecule has 108 valence electrons. The molecule has 1 saturated heterocycles. The third-order valence-electron chi connectivity index (χ3n) is 3.93. The summed E-state index contributed by atoms with van der Waals surface area (Å²) in [5.74, 6) is 1.32. The van der Waals surface area contributed by atoms with Crippen LogP contribution in [-0.4, -0.2) is 43.3 Å². The normalized spacial score (nSPS) is 22.6. The quantitative estimate of drug-likeness (QED) is 0.831. The molecule has 2 aliphatic heterocycles. The SMILES string of the molecule is O=C(C1COc2ccccc2O1)N1CCC(CF)CC1. The maximum absolute atomic E-state index is 12.6. The largest absolute Gasteiger partial charge is 0.485 e. The second-order valence-corrected chi connectivity index (χ2v) is 5.29. The Morgan fingerprint density at radius 2 is 1.95 bits per heavy atom. The summed E-state index contributed by atoms with van der Waals surface area (Å²) in [6.45, 7) is 1.15. The number of ether oxygens (including phenoxy) is 2. The molecule has 0 radical (unpaired) electrons. The molecule has 0 N–H and O–H groups in total. The number of likely N-dealkylation sites (tertiary alicyclic amines) is 1. The lowest BCUT2D eigenvalue weighted by Gasteiger charge is -2.34. The van der Waals surface area contributed by atoms with Gasteiger partial charge in [0.1, 0.15) is 6.61 Å². The van der Waals surface area contributed by atoms with E-state index in [1.165, 1.54) is 0 Å². The highest BCUT2D eigenvalue weighted by Crippen LogP contribution is 2.31. The molecule has 0 bridgehead atoms. The van der Waals surface area contributed by atoms with E-state index in [0.717, 1.165) is 12.8 Å². The van der Waals surface area contributed by atoms with Gasteiger partial charge in [0.2, 0.25) is 6.10 Å². The Morgan fingerprint density at radius 1 is 1.25 bits per heavy atom. The summed E-state index contributed by atoms with van der Waals surface area (Å²) in [5.41, 5.74) is 0. The molecule has 1 amide bonds. The highest BCUT2D eigenvalue weighted by atomic mass is 19.1. The predicted octanol–water partition coefficient (Wildman–Crippen LogP) is 2.03. The minimum absolute atomic E-state index is 0.0585. The lowest BCUT2D eigenvalue weighted by molar-refractivity contribution is -0.142. The zero-order valence-electron chi connectivity index (χ0n) is 11.3. The zero-order valence-corrected chi connectivity index (χ0v) is 11.3. The van der Waals surface area contributed by atoms with Crippen molar-refractivity contribution in [3.8, 4) is 11.5 Å². The number of carbonyl (C=O) groups is 1. The van der Waals surface area contributed by atoms with Crippen molar-refractivity contribution in [1.82, 2.24) is 4.90 Å². The summed E-state index contributed by atoms with van der Waals surface area (Å²) in [6.07, 6.45) is 0.866. The van der Waals surface area contributed by atoms with Crippen LogP contribution in [0.15, 0.2) is 24.3 Å². The number of amides is 1. The molecule has 0 aromatic heterocycles. The number of para-hydroxylation sites is 2. The van der Waals surface area contributed by atoms with Gasteiger partial charge in [0.15, 0.2) is 11.5 Å². The van der Waals surface area contributed by atoms with E-state index in [4.69, 9.17) is 9.47 Å². The van der Waals surface area contributed by atoms with Crippen LogP contribution in [0.5, 0.6) is 11.5 Å². The Labute approximate surface area is 117 Å². The molecule has 5 heteroatoms. The molecule has 0 aliphatic carbocycles. The molecule has 0 spiro atoms. The van der Waals surface area contributed by atoms with Crippen molar-refractivity contribution in [2.75, 3.05) is 26.4 Å². The molecule has 20 heavy (non-hydrogen) atoms. The van der Waals surface area contributed by atoms with Crippen LogP contribution in [0.2, 0.25) is 0 Å². The van der Waals surface area contributed by atoms with E-state index in [2.05, 4.69) is 0 Å². The molecule has 3 rings (SSSR count). The fourth-order valence-corrected chi connectivity index (χ4v) is 2.65. The highest BCUT2D eigenvalue weighted by molar-refractivity contribution is 5.82. The molecule has 2 heterocycles. The van der Waals surface area contributed by atoms with Gasteiger partial charge in [-0.05, 0) is 30.9 Å². The topological polar surface area (TPSA) is 38.8 Å². The Hall–Kier alpha value is -1.78. The van der Waals surface area contributed by atoms with E-state index in [1.807, 2.05) is 18.2 Å². The minimum atomic E-state index is -0.591. The van der Waals surface area contributed by atoms with Gasteiger partial charge in [-0.3, -0.25) is 9.18 Å². The van der Waals surface area contributed by atoms with Crippen LogP contribution < -0.4 is 9.47 Å². The monoisotopic (exact) mass is 279 g/mol. The van der Waals surface area contributed by atoms with Crippen LogP contribution in [0.1, 0.15) is 12.8 Å². The molecule has 1 aromatic carbocycles. The van der Waals surface area contributed by atoms with Gasteiger partial charge in [-0.2, -0.15) is 0 Å². The van der Waals surface area contributed by atoms with Crippen molar-refractivity contribution in [2.24, 2.45) is 5.92 Å². The van der Waals surface area contributed by atoms with Crippen LogP contribution in [-0.2, 0) is 4.79 Å². The summed E-state index contributed by atoms with van der Waals surface area (Å²) in [4.78, 5) is 14.1. The molecular formula is C15H18FNO3. The predicted molar refractivity (Wildman–Crippen MR) is 71.6 cm³/mol. The lowest BCUT2D eigenvalue weighted by Crippen LogP contribution is -2.49. The maximum Gasteiger partial charge on any atom is 0.267 e. The van der Waals surface area contributed by atoms with Crippen LogP contribution in [0, 0.1) is 5.92 Å². The number of nitrogens with zero attached hydrogens (tertiary/aromatic N) is 1. The van der Waals surface area contributed by atoms with Crippen molar-refractivity contribution in [3.63, 3.8) is 0 Å². The summed E-state index contributed by atoms with van der Waals surface area (Å²) in [7, 11) is 0. The van der Waals surface area contributed by atoms with Gasteiger partial charge >= 0.3 is 0 Å². The number of rotatable bonds is 2. The average Bonchev–Trinajstić information content (AvgIpc) is 2.54. The molecule has 1 unspecified atom stereocenters. The van der Waals surface area contributed by atoms with E-state index in [1.54, 1.807) is 11.0 Å². The third kappa shape index (κ3) is 2.57. The molecule has 1 aromatic rings. The van der Waals surface area contributed by atoms with E-state index >= 15 is 0 Å². The van der Waals surface area contributed by atoms with Crippen molar-refractivity contribution in [2.45, 2.75) is 18.9 Å². The van der Waals surface area contributed by atoms with Crippen LogP contribution in [0.3, 0.4) is 0 Å². The maximum atomic E-state index is 12.6. The van der Waals surface area contributed by atoms with Gasteiger partial charge in [0.05, 0.1) is 6.67 Å². The number of fused-ring (bicyclic) bond motifs is 1. The van der Waals surface area contributed by atoms with Crippen molar-refractivity contribution >= 4 is 5.91 Å². The Kier molecular flexibility index (Phi) is 3.76. The van der Waals surface area contributed by atoms with Gasteiger partial charge in [-0.1, -0.05) is 12.1 Å². The number of alkyl halides is 1. The highest BCUT2D eigenvalue weighted by Gasteiger charge is 2.32. The number of piperidine rings is 1. The second kappa shape index (κ2) is 5.69. The van der Waals surface area contributed by atoms with Crippen molar-refractivity contribution < 1.29 is 18.7 Å². The summed E-state index contributed by atoms with van der Waals surface area (Å²) >= 11 is 0. The third-order valence-corrected chi connectivity index (χ3v) is 3.93. The van der Waals surface area contributed by atoms with Crippen LogP contribution in [0.25, 0.3) is 0 Å². The Morgan fingerprint density at radius 3 is 2.65 bits per heavy atom. The van der Waals surface area contributed by atoms with Crippen molar-refractivity contribution in [3.05, 3.63) is 24.3 Å². The van der Waals surface area contributed by atoms with Crippen LogP contribution in [0.4, 0.5) is 4.39 Å². The second-order valence-electron chi connectivity index (χ2n) is 5.29. The number of benzene rings is 1. The van der Waals surface area contributed by atoms with Crippen LogP contribution >= 0.6 is 0 Å². The van der Waals surface area contributed by atoms with Gasteiger partial charge in [-0.15, -0.1) is 0 Å². The first-order valence-electron chi connectivity index (χ1n) is 7.01. The number of hydrogen-bond acceptors (Lipinski definition) is 3. The first-order chi connectivity index (χ1) is 9.78. The molecule has 1 fully saturated rings. The van der Waals surface area contributed by atoms with Gasteiger partial charge in [0.25, 0.3) is 5.91 Å². The Bertz CT molecular complexity index is 486. The first-order valence-corrected chi connectivity index (χ1v) is 7.01.